The van der Waals surface area contributed by atoms with E-state index in [4.69, 9.17) is 10.1 Å². The molecule has 1 aliphatic carbocycles. The molecule has 2 atom stereocenters. The van der Waals surface area contributed by atoms with Crippen LogP contribution in [0.4, 0.5) is 0 Å². The smallest absolute Gasteiger partial charge is 0.268 e. The van der Waals surface area contributed by atoms with Gasteiger partial charge in [-0.05, 0) is 18.4 Å². The maximum Gasteiger partial charge on any atom is 0.268 e. The van der Waals surface area contributed by atoms with E-state index in [9.17, 15) is 8.42 Å². The quantitative estimate of drug-likeness (QED) is 0.306. The highest BCUT2D eigenvalue weighted by atomic mass is 32.2. The van der Waals surface area contributed by atoms with Crippen molar-refractivity contribution in [2.24, 2.45) is 5.11 Å². The lowest BCUT2D eigenvalue weighted by Crippen LogP contribution is -2.26. The monoisotopic (exact) mass is 191 g/mol. The second-order valence-electron chi connectivity index (χ2n) is 2.76. The van der Waals surface area contributed by atoms with E-state index in [1.54, 1.807) is 0 Å². The van der Waals surface area contributed by atoms with Crippen LogP contribution in [0.3, 0.4) is 0 Å². The zero-order chi connectivity index (χ0) is 9.19. The van der Waals surface area contributed by atoms with Gasteiger partial charge in [0.05, 0.1) is 11.3 Å². The molecule has 0 heterocycles. The molecule has 0 bridgehead atoms. The molecular formula is C5H9N3O3S. The van der Waals surface area contributed by atoms with E-state index in [0.29, 0.717) is 19.3 Å². The Bertz CT molecular complexity index is 306. The van der Waals surface area contributed by atoms with Crippen molar-refractivity contribution < 1.29 is 13.0 Å². The zero-order valence-electron chi connectivity index (χ0n) is 6.29. The van der Waals surface area contributed by atoms with Crippen LogP contribution < -0.4 is 0 Å². The molecule has 1 N–H and O–H groups in total. The van der Waals surface area contributed by atoms with Crippen LogP contribution in [0.5, 0.6) is 0 Å². The van der Waals surface area contributed by atoms with Crippen LogP contribution in [-0.4, -0.2) is 24.3 Å². The molecule has 68 valence electrons. The topological polar surface area (TPSA) is 103 Å². The van der Waals surface area contributed by atoms with Crippen LogP contribution in [0, 0.1) is 0 Å². The Hall–Kier alpha value is -0.780. The maximum absolute atomic E-state index is 10.7. The van der Waals surface area contributed by atoms with Crippen LogP contribution in [0.2, 0.25) is 0 Å². The minimum absolute atomic E-state index is 0.377. The van der Waals surface area contributed by atoms with Gasteiger partial charge in [-0.15, -0.1) is 0 Å². The predicted molar refractivity (Wildman–Crippen MR) is 42.1 cm³/mol. The Kier molecular flexibility index (Phi) is 2.56. The lowest BCUT2D eigenvalue weighted by molar-refractivity contribution is 0.460. The van der Waals surface area contributed by atoms with Gasteiger partial charge in [-0.1, -0.05) is 11.5 Å². The zero-order valence-corrected chi connectivity index (χ0v) is 7.11. The van der Waals surface area contributed by atoms with E-state index in [1.807, 2.05) is 0 Å². The Balaban J connectivity index is 2.84. The summed E-state index contributed by atoms with van der Waals surface area (Å²) in [5.41, 5.74) is 8.09. The lowest BCUT2D eigenvalue weighted by atomic mass is 10.3. The van der Waals surface area contributed by atoms with Crippen molar-refractivity contribution in [1.29, 1.82) is 0 Å². The molecule has 6 nitrogen and oxygen atoms in total. The molecule has 0 spiro atoms. The first-order valence-corrected chi connectivity index (χ1v) is 5.06. The Morgan fingerprint density at radius 1 is 1.50 bits per heavy atom. The summed E-state index contributed by atoms with van der Waals surface area (Å²) in [6, 6.07) is -0.593. The highest BCUT2D eigenvalue weighted by Gasteiger charge is 2.35. The second kappa shape index (κ2) is 3.30. The first-order chi connectivity index (χ1) is 5.55. The number of hydrogen-bond acceptors (Lipinski definition) is 3. The average Bonchev–Trinajstić information content (AvgIpc) is 2.34. The number of hydrogen-bond donors (Lipinski definition) is 1. The Morgan fingerprint density at radius 2 is 2.17 bits per heavy atom. The summed E-state index contributed by atoms with van der Waals surface area (Å²) in [6.45, 7) is 0. The number of rotatable bonds is 2. The first kappa shape index (κ1) is 9.31. The SMILES string of the molecule is [N-]=[N+]=N[C@H]1CCC[C@@H]1S(=O)(=O)O. The van der Waals surface area contributed by atoms with Crippen molar-refractivity contribution in [3.8, 4) is 0 Å². The number of azide groups is 1. The molecule has 0 aromatic carbocycles. The average molecular weight is 191 g/mol. The summed E-state index contributed by atoms with van der Waals surface area (Å²) in [5, 5.41) is 2.42. The lowest BCUT2D eigenvalue weighted by Gasteiger charge is -2.09. The fourth-order valence-electron chi connectivity index (χ4n) is 1.45. The summed E-state index contributed by atoms with van der Waals surface area (Å²) >= 11 is 0. The molecule has 7 heteroatoms. The largest absolute Gasteiger partial charge is 0.285 e. The fourth-order valence-corrected chi connectivity index (χ4v) is 2.50. The third kappa shape index (κ3) is 1.88. The van der Waals surface area contributed by atoms with Crippen LogP contribution in [0.1, 0.15) is 19.3 Å². The van der Waals surface area contributed by atoms with Crippen molar-refractivity contribution in [1.82, 2.24) is 0 Å². The predicted octanol–water partition coefficient (Wildman–Crippen LogP) is 1.11. The van der Waals surface area contributed by atoms with Crippen molar-refractivity contribution in [3.63, 3.8) is 0 Å². The normalized spacial score (nSPS) is 29.8. The molecule has 0 amide bonds. The molecule has 0 radical (unpaired) electrons. The Morgan fingerprint density at radius 3 is 2.67 bits per heavy atom. The van der Waals surface area contributed by atoms with Crippen LogP contribution in [0.25, 0.3) is 10.4 Å². The van der Waals surface area contributed by atoms with Gasteiger partial charge in [0.1, 0.15) is 0 Å². The van der Waals surface area contributed by atoms with Gasteiger partial charge >= 0.3 is 0 Å². The van der Waals surface area contributed by atoms with E-state index in [1.165, 1.54) is 0 Å². The van der Waals surface area contributed by atoms with E-state index >= 15 is 0 Å². The molecule has 0 aromatic heterocycles. The first-order valence-electron chi connectivity index (χ1n) is 3.56. The van der Waals surface area contributed by atoms with E-state index in [-0.39, 0.29) is 0 Å². The van der Waals surface area contributed by atoms with Gasteiger partial charge in [0.25, 0.3) is 10.1 Å². The van der Waals surface area contributed by atoms with E-state index in [0.717, 1.165) is 0 Å². The van der Waals surface area contributed by atoms with Gasteiger partial charge in [-0.3, -0.25) is 4.55 Å². The molecule has 0 aliphatic heterocycles. The van der Waals surface area contributed by atoms with Crippen LogP contribution in [0.15, 0.2) is 5.11 Å². The van der Waals surface area contributed by atoms with Gasteiger partial charge in [-0.25, -0.2) is 0 Å². The third-order valence-electron chi connectivity index (χ3n) is 2.00. The molecule has 0 saturated heterocycles. The Labute approximate surface area is 70.0 Å². The third-order valence-corrected chi connectivity index (χ3v) is 3.32. The van der Waals surface area contributed by atoms with E-state index < -0.39 is 21.4 Å². The second-order valence-corrected chi connectivity index (χ2v) is 4.39. The van der Waals surface area contributed by atoms with Gasteiger partial charge in [-0.2, -0.15) is 8.42 Å². The standard InChI is InChI=1S/C5H9N3O3S/c6-8-7-4-2-1-3-5(4)12(9,10)11/h4-5H,1-3H2,(H,9,10,11)/t4-,5-/m0/s1. The van der Waals surface area contributed by atoms with Crippen molar-refractivity contribution in [3.05, 3.63) is 10.4 Å². The highest BCUT2D eigenvalue weighted by Crippen LogP contribution is 2.27. The van der Waals surface area contributed by atoms with Gasteiger partial charge in [0.2, 0.25) is 0 Å². The van der Waals surface area contributed by atoms with Gasteiger partial charge in [0.15, 0.2) is 0 Å². The van der Waals surface area contributed by atoms with Crippen molar-refractivity contribution in [2.75, 3.05) is 0 Å². The fraction of sp³-hybridized carbons (Fsp3) is 1.00. The van der Waals surface area contributed by atoms with Gasteiger partial charge < -0.3 is 0 Å². The minimum Gasteiger partial charge on any atom is -0.285 e. The van der Waals surface area contributed by atoms with Crippen LogP contribution in [-0.2, 0) is 10.1 Å². The number of nitrogens with zero attached hydrogens (tertiary/aromatic N) is 3. The minimum atomic E-state index is -4.04. The molecular weight excluding hydrogens is 182 g/mol. The molecule has 1 fully saturated rings. The summed E-state index contributed by atoms with van der Waals surface area (Å²) in [6.07, 6.45) is 1.59. The van der Waals surface area contributed by atoms with E-state index in [2.05, 4.69) is 10.0 Å². The summed E-state index contributed by atoms with van der Waals surface area (Å²) < 4.78 is 30.1. The molecule has 1 saturated carbocycles. The van der Waals surface area contributed by atoms with Crippen molar-refractivity contribution in [2.45, 2.75) is 30.6 Å². The summed E-state index contributed by atoms with van der Waals surface area (Å²) in [5.74, 6) is 0. The summed E-state index contributed by atoms with van der Waals surface area (Å²) in [7, 11) is -4.04. The molecule has 12 heavy (non-hydrogen) atoms. The van der Waals surface area contributed by atoms with Crippen LogP contribution >= 0.6 is 0 Å². The molecule has 1 aliphatic rings. The molecule has 0 aromatic rings. The molecule has 0 unspecified atom stereocenters. The van der Waals surface area contributed by atoms with Crippen molar-refractivity contribution >= 4 is 10.1 Å². The maximum atomic E-state index is 10.7. The summed E-state index contributed by atoms with van der Waals surface area (Å²) in [4.78, 5) is 2.53. The van der Waals surface area contributed by atoms with Gasteiger partial charge in [0, 0.05) is 4.91 Å². The molecule has 1 rings (SSSR count). The highest BCUT2D eigenvalue weighted by molar-refractivity contribution is 7.86.